The van der Waals surface area contributed by atoms with Crippen LogP contribution in [0.2, 0.25) is 0 Å². The molecule has 1 N–H and O–H groups in total. The number of benzene rings is 2. The van der Waals surface area contributed by atoms with Crippen molar-refractivity contribution in [1.29, 1.82) is 0 Å². The first-order valence-corrected chi connectivity index (χ1v) is 10.2. The lowest BCUT2D eigenvalue weighted by molar-refractivity contribution is -0.126. The number of anilines is 1. The van der Waals surface area contributed by atoms with Crippen molar-refractivity contribution in [3.05, 3.63) is 52.0 Å². The van der Waals surface area contributed by atoms with Gasteiger partial charge < -0.3 is 19.7 Å². The standard InChI is InChI=1S/C22H25BrN2O4/c1-13-9-19(28-3)20(29-4)11-16(13)14(2)24-22(27)15-10-21(26)25(12-15)18-8-6-5-7-17(18)23/h5-9,11,14-15H,10,12H2,1-4H3,(H,24,27). The van der Waals surface area contributed by atoms with Crippen LogP contribution < -0.4 is 19.7 Å². The van der Waals surface area contributed by atoms with Crippen LogP contribution >= 0.6 is 15.9 Å². The third-order valence-electron chi connectivity index (χ3n) is 5.24. The molecule has 2 aromatic carbocycles. The van der Waals surface area contributed by atoms with Gasteiger partial charge in [0.25, 0.3) is 0 Å². The van der Waals surface area contributed by atoms with Crippen molar-refractivity contribution in [2.24, 2.45) is 5.92 Å². The molecule has 2 unspecified atom stereocenters. The number of hydrogen-bond acceptors (Lipinski definition) is 4. The summed E-state index contributed by atoms with van der Waals surface area (Å²) < 4.78 is 11.5. The summed E-state index contributed by atoms with van der Waals surface area (Å²) in [6.07, 6.45) is 0.199. The van der Waals surface area contributed by atoms with Gasteiger partial charge in [-0.05, 0) is 65.2 Å². The Morgan fingerprint density at radius 2 is 1.86 bits per heavy atom. The molecular formula is C22H25BrN2O4. The lowest BCUT2D eigenvalue weighted by Crippen LogP contribution is -2.34. The van der Waals surface area contributed by atoms with E-state index in [0.29, 0.717) is 18.0 Å². The van der Waals surface area contributed by atoms with E-state index >= 15 is 0 Å². The van der Waals surface area contributed by atoms with Crippen LogP contribution in [0.5, 0.6) is 11.5 Å². The number of rotatable bonds is 6. The van der Waals surface area contributed by atoms with E-state index in [1.807, 2.05) is 50.2 Å². The van der Waals surface area contributed by atoms with Gasteiger partial charge in [-0.3, -0.25) is 9.59 Å². The Hall–Kier alpha value is -2.54. The fraction of sp³-hybridized carbons (Fsp3) is 0.364. The monoisotopic (exact) mass is 460 g/mol. The molecule has 3 rings (SSSR count). The summed E-state index contributed by atoms with van der Waals surface area (Å²) in [5.74, 6) is 0.696. The van der Waals surface area contributed by atoms with Gasteiger partial charge in [-0.25, -0.2) is 0 Å². The lowest BCUT2D eigenvalue weighted by Gasteiger charge is -2.21. The highest BCUT2D eigenvalue weighted by Gasteiger charge is 2.36. The van der Waals surface area contributed by atoms with E-state index in [1.165, 1.54) is 0 Å². The third kappa shape index (κ3) is 4.40. The summed E-state index contributed by atoms with van der Waals surface area (Å²) >= 11 is 3.48. The first-order valence-electron chi connectivity index (χ1n) is 9.43. The van der Waals surface area contributed by atoms with Crippen molar-refractivity contribution in [3.8, 4) is 11.5 Å². The highest BCUT2D eigenvalue weighted by Crippen LogP contribution is 2.34. The minimum Gasteiger partial charge on any atom is -0.493 e. The van der Waals surface area contributed by atoms with Gasteiger partial charge in [-0.1, -0.05) is 12.1 Å². The zero-order chi connectivity index (χ0) is 21.1. The second-order valence-corrected chi connectivity index (χ2v) is 8.01. The van der Waals surface area contributed by atoms with E-state index in [1.54, 1.807) is 19.1 Å². The number of amides is 2. The van der Waals surface area contributed by atoms with E-state index in [2.05, 4.69) is 21.2 Å². The number of halogens is 1. The number of carbonyl (C=O) groups excluding carboxylic acids is 2. The molecule has 2 atom stereocenters. The Balaban J connectivity index is 1.72. The van der Waals surface area contributed by atoms with E-state index < -0.39 is 5.92 Å². The molecule has 1 fully saturated rings. The fourth-order valence-electron chi connectivity index (χ4n) is 3.66. The molecule has 0 saturated carbocycles. The maximum Gasteiger partial charge on any atom is 0.227 e. The largest absolute Gasteiger partial charge is 0.493 e. The van der Waals surface area contributed by atoms with Gasteiger partial charge in [0.1, 0.15) is 0 Å². The molecule has 154 valence electrons. The van der Waals surface area contributed by atoms with Crippen molar-refractivity contribution in [2.75, 3.05) is 25.7 Å². The van der Waals surface area contributed by atoms with Gasteiger partial charge in [-0.2, -0.15) is 0 Å². The molecule has 2 aromatic rings. The Morgan fingerprint density at radius 3 is 2.52 bits per heavy atom. The smallest absolute Gasteiger partial charge is 0.227 e. The summed E-state index contributed by atoms with van der Waals surface area (Å²) in [6, 6.07) is 11.1. The number of hydrogen-bond donors (Lipinski definition) is 1. The molecule has 1 saturated heterocycles. The first-order chi connectivity index (χ1) is 13.8. The minimum absolute atomic E-state index is 0.0491. The molecule has 7 heteroatoms. The third-order valence-corrected chi connectivity index (χ3v) is 5.91. The van der Waals surface area contributed by atoms with Crippen LogP contribution in [0.25, 0.3) is 0 Å². The second kappa shape index (κ2) is 8.86. The first kappa shape index (κ1) is 21.2. The molecule has 0 spiro atoms. The Labute approximate surface area is 179 Å². The molecule has 0 aromatic heterocycles. The van der Waals surface area contributed by atoms with Gasteiger partial charge in [0.2, 0.25) is 11.8 Å². The van der Waals surface area contributed by atoms with Crippen molar-refractivity contribution in [3.63, 3.8) is 0 Å². The van der Waals surface area contributed by atoms with Crippen LogP contribution in [-0.2, 0) is 9.59 Å². The van der Waals surface area contributed by atoms with Crippen LogP contribution in [0.4, 0.5) is 5.69 Å². The SMILES string of the molecule is COc1cc(C)c(C(C)NC(=O)C2CC(=O)N(c3ccccc3Br)C2)cc1OC. The number of nitrogens with zero attached hydrogens (tertiary/aromatic N) is 1. The Bertz CT molecular complexity index is 931. The van der Waals surface area contributed by atoms with E-state index in [9.17, 15) is 9.59 Å². The molecule has 1 aliphatic rings. The van der Waals surface area contributed by atoms with Crippen molar-refractivity contribution in [2.45, 2.75) is 26.3 Å². The quantitative estimate of drug-likeness (QED) is 0.706. The van der Waals surface area contributed by atoms with Crippen LogP contribution in [0.3, 0.4) is 0 Å². The number of para-hydroxylation sites is 1. The maximum atomic E-state index is 12.9. The average molecular weight is 461 g/mol. The van der Waals surface area contributed by atoms with Crippen LogP contribution in [0.15, 0.2) is 40.9 Å². The Kier molecular flexibility index (Phi) is 6.47. The van der Waals surface area contributed by atoms with Crippen molar-refractivity contribution < 1.29 is 19.1 Å². The van der Waals surface area contributed by atoms with Gasteiger partial charge in [0, 0.05) is 17.4 Å². The van der Waals surface area contributed by atoms with Crippen LogP contribution in [0.1, 0.15) is 30.5 Å². The lowest BCUT2D eigenvalue weighted by atomic mass is 10.00. The molecule has 1 heterocycles. The zero-order valence-electron chi connectivity index (χ0n) is 17.0. The molecular weight excluding hydrogens is 436 g/mol. The predicted octanol–water partition coefficient (Wildman–Crippen LogP) is 4.01. The van der Waals surface area contributed by atoms with Crippen molar-refractivity contribution in [1.82, 2.24) is 5.32 Å². The Morgan fingerprint density at radius 1 is 1.21 bits per heavy atom. The fourth-order valence-corrected chi connectivity index (χ4v) is 4.16. The summed E-state index contributed by atoms with van der Waals surface area (Å²) in [7, 11) is 3.18. The number of aryl methyl sites for hydroxylation is 1. The topological polar surface area (TPSA) is 67.9 Å². The summed E-state index contributed by atoms with van der Waals surface area (Å²) in [4.78, 5) is 27.0. The summed E-state index contributed by atoms with van der Waals surface area (Å²) in [6.45, 7) is 4.26. The summed E-state index contributed by atoms with van der Waals surface area (Å²) in [5, 5.41) is 3.05. The van der Waals surface area contributed by atoms with E-state index in [4.69, 9.17) is 9.47 Å². The molecule has 6 nitrogen and oxygen atoms in total. The molecule has 2 amide bonds. The van der Waals surface area contributed by atoms with Crippen LogP contribution in [0, 0.1) is 12.8 Å². The zero-order valence-corrected chi connectivity index (χ0v) is 18.6. The van der Waals surface area contributed by atoms with Gasteiger partial charge in [0.05, 0.1) is 31.9 Å². The second-order valence-electron chi connectivity index (χ2n) is 7.15. The highest BCUT2D eigenvalue weighted by molar-refractivity contribution is 9.10. The molecule has 0 radical (unpaired) electrons. The van der Waals surface area contributed by atoms with E-state index in [0.717, 1.165) is 21.3 Å². The van der Waals surface area contributed by atoms with Crippen LogP contribution in [-0.4, -0.2) is 32.6 Å². The minimum atomic E-state index is -0.391. The summed E-state index contributed by atoms with van der Waals surface area (Å²) in [5.41, 5.74) is 2.73. The normalized spacial score (nSPS) is 17.2. The van der Waals surface area contributed by atoms with Gasteiger partial charge in [-0.15, -0.1) is 0 Å². The molecule has 1 aliphatic heterocycles. The highest BCUT2D eigenvalue weighted by atomic mass is 79.9. The predicted molar refractivity (Wildman–Crippen MR) is 115 cm³/mol. The van der Waals surface area contributed by atoms with Crippen molar-refractivity contribution >= 4 is 33.4 Å². The maximum absolute atomic E-state index is 12.9. The molecule has 0 bridgehead atoms. The molecule has 29 heavy (non-hydrogen) atoms. The number of carbonyl (C=O) groups is 2. The average Bonchev–Trinajstić information content (AvgIpc) is 3.09. The number of ether oxygens (including phenoxy) is 2. The molecule has 0 aliphatic carbocycles. The number of methoxy groups -OCH3 is 2. The van der Waals surface area contributed by atoms with E-state index in [-0.39, 0.29) is 24.3 Å². The van der Waals surface area contributed by atoms with Gasteiger partial charge >= 0.3 is 0 Å². The number of nitrogens with one attached hydrogen (secondary N) is 1. The van der Waals surface area contributed by atoms with Gasteiger partial charge in [0.15, 0.2) is 11.5 Å².